The van der Waals surface area contributed by atoms with E-state index in [0.717, 1.165) is 43.7 Å². The number of aryl methyl sites for hydroxylation is 1. The predicted molar refractivity (Wildman–Crippen MR) is 118 cm³/mol. The lowest BCUT2D eigenvalue weighted by atomic mass is 10.1. The molecule has 6 heteroatoms. The van der Waals surface area contributed by atoms with Crippen LogP contribution < -0.4 is 5.32 Å². The van der Waals surface area contributed by atoms with Gasteiger partial charge in [0, 0.05) is 44.4 Å². The number of nitrogens with one attached hydrogen (secondary N) is 1. The molecule has 3 aromatic rings. The number of hydrogen-bond acceptors (Lipinski definition) is 6. The molecule has 0 atom stereocenters. The van der Waals surface area contributed by atoms with Crippen LogP contribution in [-0.4, -0.2) is 47.9 Å². The van der Waals surface area contributed by atoms with Crippen LogP contribution in [0.1, 0.15) is 29.8 Å². The number of piperidine rings is 1. The summed E-state index contributed by atoms with van der Waals surface area (Å²) < 4.78 is 11.5. The molecular formula is C24H30N4O2. The largest absolute Gasteiger partial charge is 0.388 e. The second-order valence-electron chi connectivity index (χ2n) is 7.88. The summed E-state index contributed by atoms with van der Waals surface area (Å²) in [6.45, 7) is 5.87. The fraction of sp³-hybridized carbons (Fsp3) is 0.417. The first-order valence-corrected chi connectivity index (χ1v) is 10.7. The molecule has 0 bridgehead atoms. The number of rotatable bonds is 8. The average Bonchev–Trinajstić information content (AvgIpc) is 3.25. The molecule has 0 radical (unpaired) electrons. The standard InChI is InChI=1S/C24H30N4O2/c1-18-8-9-20(16-22(18)25-2)24-26-23(27-30-24)12-15-29-21-10-13-28(14-11-21)17-19-6-4-3-5-7-19/h3-9,16,21,25H,10-15,17H2,1-2H3. The predicted octanol–water partition coefficient (Wildman–Crippen LogP) is 4.31. The van der Waals surface area contributed by atoms with Gasteiger partial charge in [-0.3, -0.25) is 4.90 Å². The Labute approximate surface area is 178 Å². The first kappa shape index (κ1) is 20.6. The zero-order valence-corrected chi connectivity index (χ0v) is 17.8. The number of benzene rings is 2. The summed E-state index contributed by atoms with van der Waals surface area (Å²) in [6, 6.07) is 16.8. The highest BCUT2D eigenvalue weighted by Gasteiger charge is 2.20. The Hall–Kier alpha value is -2.70. The minimum atomic E-state index is 0.318. The van der Waals surface area contributed by atoms with Crippen LogP contribution in [0.25, 0.3) is 11.5 Å². The SMILES string of the molecule is CNc1cc(-c2nc(CCOC3CCN(Cc4ccccc4)CC3)no2)ccc1C. The third-order valence-corrected chi connectivity index (χ3v) is 5.68. The molecule has 1 fully saturated rings. The maximum absolute atomic E-state index is 6.09. The Morgan fingerprint density at radius 2 is 1.93 bits per heavy atom. The molecule has 1 N–H and O–H groups in total. The minimum absolute atomic E-state index is 0.318. The number of hydrogen-bond donors (Lipinski definition) is 1. The molecule has 158 valence electrons. The van der Waals surface area contributed by atoms with Gasteiger partial charge in [0.05, 0.1) is 12.7 Å². The molecule has 6 nitrogen and oxygen atoms in total. The van der Waals surface area contributed by atoms with Crippen molar-refractivity contribution >= 4 is 5.69 Å². The summed E-state index contributed by atoms with van der Waals surface area (Å²) in [5.74, 6) is 1.24. The van der Waals surface area contributed by atoms with Crippen LogP contribution in [0.4, 0.5) is 5.69 Å². The summed E-state index contributed by atoms with van der Waals surface area (Å²) in [7, 11) is 1.91. The van der Waals surface area contributed by atoms with Crippen LogP contribution in [0.2, 0.25) is 0 Å². The monoisotopic (exact) mass is 406 g/mol. The van der Waals surface area contributed by atoms with Crippen LogP contribution in [0, 0.1) is 6.92 Å². The molecule has 2 heterocycles. The van der Waals surface area contributed by atoms with Gasteiger partial charge in [-0.15, -0.1) is 0 Å². The highest BCUT2D eigenvalue weighted by Crippen LogP contribution is 2.24. The van der Waals surface area contributed by atoms with Crippen LogP contribution in [-0.2, 0) is 17.7 Å². The van der Waals surface area contributed by atoms with Crippen molar-refractivity contribution in [2.75, 3.05) is 32.1 Å². The normalized spacial score (nSPS) is 15.4. The van der Waals surface area contributed by atoms with E-state index in [0.29, 0.717) is 30.8 Å². The molecule has 1 aliphatic heterocycles. The van der Waals surface area contributed by atoms with Crippen molar-refractivity contribution in [1.29, 1.82) is 0 Å². The molecule has 0 spiro atoms. The summed E-state index contributed by atoms with van der Waals surface area (Å²) in [4.78, 5) is 7.03. The fourth-order valence-electron chi connectivity index (χ4n) is 3.89. The maximum atomic E-state index is 6.09. The molecule has 1 aromatic heterocycles. The average molecular weight is 407 g/mol. The molecule has 1 aliphatic rings. The molecule has 0 unspecified atom stereocenters. The zero-order chi connectivity index (χ0) is 20.8. The lowest BCUT2D eigenvalue weighted by Gasteiger charge is -2.31. The lowest BCUT2D eigenvalue weighted by Crippen LogP contribution is -2.36. The smallest absolute Gasteiger partial charge is 0.257 e. The van der Waals surface area contributed by atoms with Crippen LogP contribution >= 0.6 is 0 Å². The number of ether oxygens (including phenoxy) is 1. The van der Waals surface area contributed by atoms with E-state index in [1.54, 1.807) is 0 Å². The van der Waals surface area contributed by atoms with Crippen LogP contribution in [0.5, 0.6) is 0 Å². The van der Waals surface area contributed by atoms with Gasteiger partial charge in [0.2, 0.25) is 0 Å². The maximum Gasteiger partial charge on any atom is 0.257 e. The molecule has 0 aliphatic carbocycles. The Morgan fingerprint density at radius 3 is 2.70 bits per heavy atom. The van der Waals surface area contributed by atoms with Crippen LogP contribution in [0.15, 0.2) is 53.1 Å². The van der Waals surface area contributed by atoms with Crippen molar-refractivity contribution in [3.63, 3.8) is 0 Å². The van der Waals surface area contributed by atoms with E-state index in [-0.39, 0.29) is 0 Å². The van der Waals surface area contributed by atoms with E-state index in [4.69, 9.17) is 9.26 Å². The Kier molecular flexibility index (Phi) is 6.77. The lowest BCUT2D eigenvalue weighted by molar-refractivity contribution is 0.00676. The highest BCUT2D eigenvalue weighted by atomic mass is 16.5. The van der Waals surface area contributed by atoms with Gasteiger partial charge in [0.1, 0.15) is 0 Å². The molecule has 1 saturated heterocycles. The van der Waals surface area contributed by atoms with Gasteiger partial charge in [0.15, 0.2) is 5.82 Å². The third-order valence-electron chi connectivity index (χ3n) is 5.68. The minimum Gasteiger partial charge on any atom is -0.388 e. The Morgan fingerprint density at radius 1 is 1.13 bits per heavy atom. The second-order valence-corrected chi connectivity index (χ2v) is 7.88. The zero-order valence-electron chi connectivity index (χ0n) is 17.8. The first-order chi connectivity index (χ1) is 14.7. The van der Waals surface area contributed by atoms with Crippen molar-refractivity contribution in [2.45, 2.75) is 38.8 Å². The molecule has 2 aromatic carbocycles. The van der Waals surface area contributed by atoms with E-state index in [1.165, 1.54) is 11.1 Å². The van der Waals surface area contributed by atoms with Crippen molar-refractivity contribution in [3.8, 4) is 11.5 Å². The Balaban J connectivity index is 1.21. The summed E-state index contributed by atoms with van der Waals surface area (Å²) in [5, 5.41) is 7.30. The summed E-state index contributed by atoms with van der Waals surface area (Å²) >= 11 is 0. The molecule has 30 heavy (non-hydrogen) atoms. The number of nitrogens with zero attached hydrogens (tertiary/aromatic N) is 3. The van der Waals surface area contributed by atoms with Gasteiger partial charge in [-0.1, -0.05) is 41.6 Å². The van der Waals surface area contributed by atoms with Gasteiger partial charge in [-0.25, -0.2) is 0 Å². The van der Waals surface area contributed by atoms with Crippen molar-refractivity contribution in [2.24, 2.45) is 0 Å². The highest BCUT2D eigenvalue weighted by molar-refractivity contribution is 5.64. The number of aromatic nitrogens is 2. The summed E-state index contributed by atoms with van der Waals surface area (Å²) in [6.07, 6.45) is 3.12. The third kappa shape index (κ3) is 5.26. The van der Waals surface area contributed by atoms with Crippen LogP contribution in [0.3, 0.4) is 0 Å². The summed E-state index contributed by atoms with van der Waals surface area (Å²) in [5.41, 5.74) is 4.55. The van der Waals surface area contributed by atoms with Gasteiger partial charge in [-0.05, 0) is 43.0 Å². The second kappa shape index (κ2) is 9.87. The van der Waals surface area contributed by atoms with Gasteiger partial charge in [-0.2, -0.15) is 4.98 Å². The van der Waals surface area contributed by atoms with E-state index < -0.39 is 0 Å². The van der Waals surface area contributed by atoms with Crippen molar-refractivity contribution in [3.05, 3.63) is 65.5 Å². The van der Waals surface area contributed by atoms with Gasteiger partial charge in [0.25, 0.3) is 5.89 Å². The quantitative estimate of drug-likeness (QED) is 0.601. The van der Waals surface area contributed by atoms with Gasteiger partial charge >= 0.3 is 0 Å². The van der Waals surface area contributed by atoms with E-state index in [2.05, 4.69) is 63.7 Å². The van der Waals surface area contributed by atoms with Crippen molar-refractivity contribution < 1.29 is 9.26 Å². The first-order valence-electron chi connectivity index (χ1n) is 10.7. The van der Waals surface area contributed by atoms with Crippen molar-refractivity contribution in [1.82, 2.24) is 15.0 Å². The fourth-order valence-corrected chi connectivity index (χ4v) is 3.89. The topological polar surface area (TPSA) is 63.4 Å². The Bertz CT molecular complexity index is 933. The molecule has 0 saturated carbocycles. The molecule has 0 amide bonds. The molecular weight excluding hydrogens is 376 g/mol. The number of likely N-dealkylation sites (tertiary alicyclic amines) is 1. The number of anilines is 1. The van der Waals surface area contributed by atoms with Gasteiger partial charge < -0.3 is 14.6 Å². The van der Waals surface area contributed by atoms with E-state index in [1.807, 2.05) is 19.2 Å². The van der Waals surface area contributed by atoms with E-state index >= 15 is 0 Å². The van der Waals surface area contributed by atoms with E-state index in [9.17, 15) is 0 Å². The molecule has 4 rings (SSSR count).